The molecule has 0 amide bonds. The highest BCUT2D eigenvalue weighted by Gasteiger charge is 1.93. The molecule has 0 aliphatic rings. The van der Waals surface area contributed by atoms with Gasteiger partial charge in [0.25, 0.3) is 0 Å². The van der Waals surface area contributed by atoms with Gasteiger partial charge in [-0.05, 0) is 6.42 Å². The molecule has 50 valence electrons. The molecule has 0 aliphatic heterocycles. The van der Waals surface area contributed by atoms with Crippen LogP contribution in [0.2, 0.25) is 0 Å². The maximum atomic E-state index is 8.70. The van der Waals surface area contributed by atoms with Gasteiger partial charge < -0.3 is 5.11 Å². The van der Waals surface area contributed by atoms with E-state index in [-0.39, 0.29) is 5.01 Å². The van der Waals surface area contributed by atoms with Crippen LogP contribution in [0.15, 0.2) is 0 Å². The molecular formula is C6H13BrO. The number of aliphatic hydroxyl groups is 1. The quantitative estimate of drug-likeness (QED) is 0.521. The Morgan fingerprint density at radius 3 is 2.50 bits per heavy atom. The van der Waals surface area contributed by atoms with E-state index in [9.17, 15) is 0 Å². The molecule has 1 N–H and O–H groups in total. The largest absolute Gasteiger partial charge is 0.382 e. The van der Waals surface area contributed by atoms with Crippen LogP contribution in [0.5, 0.6) is 0 Å². The topological polar surface area (TPSA) is 20.2 Å². The Morgan fingerprint density at radius 2 is 2.12 bits per heavy atom. The van der Waals surface area contributed by atoms with Gasteiger partial charge in [-0.2, -0.15) is 0 Å². The lowest BCUT2D eigenvalue weighted by Crippen LogP contribution is -1.92. The summed E-state index contributed by atoms with van der Waals surface area (Å²) in [6.45, 7) is 2.15. The lowest BCUT2D eigenvalue weighted by atomic mass is 10.2. The summed E-state index contributed by atoms with van der Waals surface area (Å²) in [7, 11) is 0. The maximum absolute atomic E-state index is 8.70. The molecule has 2 heteroatoms. The standard InChI is InChI=1S/C6H13BrO/c1-2-3-4-5-6(7)8/h6,8H,2-5H2,1H3. The lowest BCUT2D eigenvalue weighted by Gasteiger charge is -1.98. The Labute approximate surface area is 59.2 Å². The summed E-state index contributed by atoms with van der Waals surface area (Å²) in [6, 6.07) is 0. The van der Waals surface area contributed by atoms with Gasteiger partial charge in [-0.3, -0.25) is 0 Å². The van der Waals surface area contributed by atoms with Crippen LogP contribution in [0.4, 0.5) is 0 Å². The first kappa shape index (κ1) is 8.44. The predicted octanol–water partition coefficient (Wildman–Crippen LogP) is 2.28. The van der Waals surface area contributed by atoms with E-state index >= 15 is 0 Å². The van der Waals surface area contributed by atoms with Crippen molar-refractivity contribution in [3.05, 3.63) is 0 Å². The summed E-state index contributed by atoms with van der Waals surface area (Å²) < 4.78 is 0. The number of hydrogen-bond acceptors (Lipinski definition) is 1. The third-order valence-corrected chi connectivity index (χ3v) is 1.50. The van der Waals surface area contributed by atoms with E-state index < -0.39 is 0 Å². The average molecular weight is 181 g/mol. The highest BCUT2D eigenvalue weighted by molar-refractivity contribution is 9.09. The van der Waals surface area contributed by atoms with E-state index in [1.807, 2.05) is 0 Å². The normalized spacial score (nSPS) is 13.9. The van der Waals surface area contributed by atoms with Gasteiger partial charge in [-0.1, -0.05) is 42.1 Å². The fourth-order valence-electron chi connectivity index (χ4n) is 0.563. The maximum Gasteiger partial charge on any atom is 0.109 e. The molecule has 0 radical (unpaired) electrons. The van der Waals surface area contributed by atoms with Gasteiger partial charge in [0, 0.05) is 0 Å². The molecule has 0 aromatic rings. The molecule has 0 rings (SSSR count). The van der Waals surface area contributed by atoms with Crippen LogP contribution in [-0.2, 0) is 0 Å². The van der Waals surface area contributed by atoms with E-state index in [4.69, 9.17) is 5.11 Å². The van der Waals surface area contributed by atoms with Crippen molar-refractivity contribution in [3.8, 4) is 0 Å². The molecule has 0 saturated heterocycles. The van der Waals surface area contributed by atoms with E-state index in [2.05, 4.69) is 22.9 Å². The molecule has 0 bridgehead atoms. The number of alkyl halides is 1. The lowest BCUT2D eigenvalue weighted by molar-refractivity contribution is 0.254. The van der Waals surface area contributed by atoms with E-state index in [1.165, 1.54) is 12.8 Å². The highest BCUT2D eigenvalue weighted by atomic mass is 79.9. The molecule has 0 aliphatic carbocycles. The summed E-state index contributed by atoms with van der Waals surface area (Å²) in [5, 5.41) is 8.41. The van der Waals surface area contributed by atoms with Crippen molar-refractivity contribution < 1.29 is 5.11 Å². The summed E-state index contributed by atoms with van der Waals surface area (Å²) in [5.74, 6) is 0. The molecule has 0 heterocycles. The van der Waals surface area contributed by atoms with Crippen LogP contribution in [0, 0.1) is 0 Å². The average Bonchev–Trinajstić information content (AvgIpc) is 1.66. The molecule has 0 aromatic heterocycles. The van der Waals surface area contributed by atoms with Crippen molar-refractivity contribution in [1.82, 2.24) is 0 Å². The van der Waals surface area contributed by atoms with Gasteiger partial charge in [-0.25, -0.2) is 0 Å². The zero-order chi connectivity index (χ0) is 6.41. The smallest absolute Gasteiger partial charge is 0.109 e. The minimum Gasteiger partial charge on any atom is -0.382 e. The fraction of sp³-hybridized carbons (Fsp3) is 1.00. The van der Waals surface area contributed by atoms with E-state index in [0.29, 0.717) is 0 Å². The van der Waals surface area contributed by atoms with Crippen LogP contribution < -0.4 is 0 Å². The molecular weight excluding hydrogens is 168 g/mol. The number of aliphatic hydroxyl groups excluding tert-OH is 1. The van der Waals surface area contributed by atoms with Crippen molar-refractivity contribution in [2.45, 2.75) is 37.6 Å². The highest BCUT2D eigenvalue weighted by Crippen LogP contribution is 2.06. The molecule has 8 heavy (non-hydrogen) atoms. The zero-order valence-electron chi connectivity index (χ0n) is 5.23. The minimum atomic E-state index is -0.283. The summed E-state index contributed by atoms with van der Waals surface area (Å²) in [5.41, 5.74) is 0. The van der Waals surface area contributed by atoms with Crippen molar-refractivity contribution >= 4 is 15.9 Å². The van der Waals surface area contributed by atoms with Gasteiger partial charge in [0.05, 0.1) is 0 Å². The van der Waals surface area contributed by atoms with Crippen LogP contribution >= 0.6 is 15.9 Å². The molecule has 0 spiro atoms. The van der Waals surface area contributed by atoms with Gasteiger partial charge >= 0.3 is 0 Å². The predicted molar refractivity (Wildman–Crippen MR) is 39.1 cm³/mol. The third-order valence-electron chi connectivity index (χ3n) is 1.05. The monoisotopic (exact) mass is 180 g/mol. The second-order valence-corrected chi connectivity index (χ2v) is 2.99. The summed E-state index contributed by atoms with van der Waals surface area (Å²) in [4.78, 5) is 0. The van der Waals surface area contributed by atoms with Gasteiger partial charge in [0.1, 0.15) is 5.01 Å². The Kier molecular flexibility index (Phi) is 5.88. The fourth-order valence-corrected chi connectivity index (χ4v) is 0.887. The van der Waals surface area contributed by atoms with Crippen molar-refractivity contribution in [2.75, 3.05) is 0 Å². The molecule has 0 aromatic carbocycles. The summed E-state index contributed by atoms with van der Waals surface area (Å²) in [6.07, 6.45) is 4.46. The number of unbranched alkanes of at least 4 members (excludes halogenated alkanes) is 2. The first-order valence-corrected chi connectivity index (χ1v) is 4.01. The molecule has 0 saturated carbocycles. The number of hydrogen-bond donors (Lipinski definition) is 1. The van der Waals surface area contributed by atoms with Gasteiger partial charge in [0.2, 0.25) is 0 Å². The summed E-state index contributed by atoms with van der Waals surface area (Å²) >= 11 is 3.06. The number of rotatable bonds is 4. The van der Waals surface area contributed by atoms with Crippen LogP contribution in [0.3, 0.4) is 0 Å². The van der Waals surface area contributed by atoms with Crippen LogP contribution in [-0.4, -0.2) is 10.1 Å². The Morgan fingerprint density at radius 1 is 1.50 bits per heavy atom. The van der Waals surface area contributed by atoms with Crippen LogP contribution in [0.1, 0.15) is 32.6 Å². The first-order chi connectivity index (χ1) is 3.77. The zero-order valence-corrected chi connectivity index (χ0v) is 6.82. The number of halogens is 1. The van der Waals surface area contributed by atoms with Crippen molar-refractivity contribution in [2.24, 2.45) is 0 Å². The Bertz CT molecular complexity index is 45.8. The molecule has 1 unspecified atom stereocenters. The van der Waals surface area contributed by atoms with E-state index in [0.717, 1.165) is 12.8 Å². The molecule has 1 atom stereocenters. The Hall–Kier alpha value is 0.440. The second kappa shape index (κ2) is 5.57. The minimum absolute atomic E-state index is 0.283. The Balaban J connectivity index is 2.72. The SMILES string of the molecule is CCCCCC(O)Br. The van der Waals surface area contributed by atoms with Crippen LogP contribution in [0.25, 0.3) is 0 Å². The van der Waals surface area contributed by atoms with Gasteiger partial charge in [0.15, 0.2) is 0 Å². The third kappa shape index (κ3) is 6.44. The first-order valence-electron chi connectivity index (χ1n) is 3.09. The van der Waals surface area contributed by atoms with Gasteiger partial charge in [-0.15, -0.1) is 0 Å². The second-order valence-electron chi connectivity index (χ2n) is 1.93. The van der Waals surface area contributed by atoms with E-state index in [1.54, 1.807) is 0 Å². The molecule has 0 fully saturated rings. The van der Waals surface area contributed by atoms with Crippen molar-refractivity contribution in [3.63, 3.8) is 0 Å². The molecule has 1 nitrogen and oxygen atoms in total. The van der Waals surface area contributed by atoms with Crippen molar-refractivity contribution in [1.29, 1.82) is 0 Å².